The van der Waals surface area contributed by atoms with Gasteiger partial charge in [-0.1, -0.05) is 38.4 Å². The average Bonchev–Trinajstić information content (AvgIpc) is 2.15. The summed E-state index contributed by atoms with van der Waals surface area (Å²) in [6.07, 6.45) is 0. The Morgan fingerprint density at radius 2 is 1.81 bits per heavy atom. The summed E-state index contributed by atoms with van der Waals surface area (Å²) in [6.45, 7) is 8.56. The number of hydrogen-bond acceptors (Lipinski definition) is 1. The van der Waals surface area contributed by atoms with Crippen LogP contribution in [0.4, 0.5) is 0 Å². The van der Waals surface area contributed by atoms with Crippen molar-refractivity contribution in [3.05, 3.63) is 40.5 Å². The van der Waals surface area contributed by atoms with E-state index in [1.807, 2.05) is 13.0 Å². The smallest absolute Gasteiger partial charge is 0.0720 e. The molecule has 0 saturated carbocycles. The van der Waals surface area contributed by atoms with Crippen LogP contribution < -0.4 is 0 Å². The third-order valence-electron chi connectivity index (χ3n) is 2.75. The first-order chi connectivity index (χ1) is 7.38. The minimum absolute atomic E-state index is 0.141. The van der Waals surface area contributed by atoms with E-state index in [0.29, 0.717) is 0 Å². The topological polar surface area (TPSA) is 12.9 Å². The van der Waals surface area contributed by atoms with Crippen LogP contribution in [0.15, 0.2) is 24.3 Å². The van der Waals surface area contributed by atoms with Crippen molar-refractivity contribution in [1.29, 1.82) is 0 Å². The molecule has 0 fully saturated rings. The number of aryl methyl sites for hydroxylation is 1. The summed E-state index contributed by atoms with van der Waals surface area (Å²) in [5, 5.41) is 1.83. The van der Waals surface area contributed by atoms with Crippen molar-refractivity contribution < 1.29 is 0 Å². The first kappa shape index (κ1) is 11.4. The van der Waals surface area contributed by atoms with Crippen molar-refractivity contribution in [2.75, 3.05) is 0 Å². The van der Waals surface area contributed by atoms with Gasteiger partial charge >= 0.3 is 0 Å². The molecule has 2 heteroatoms. The summed E-state index contributed by atoms with van der Waals surface area (Å²) in [7, 11) is 0. The first-order valence-electron chi connectivity index (χ1n) is 5.45. The number of halogens is 1. The van der Waals surface area contributed by atoms with Gasteiger partial charge < -0.3 is 0 Å². The van der Waals surface area contributed by atoms with Crippen LogP contribution in [0.3, 0.4) is 0 Å². The molecule has 84 valence electrons. The van der Waals surface area contributed by atoms with E-state index >= 15 is 0 Å². The Labute approximate surface area is 101 Å². The van der Waals surface area contributed by atoms with Crippen molar-refractivity contribution in [3.8, 4) is 0 Å². The molecule has 0 spiro atoms. The van der Waals surface area contributed by atoms with E-state index in [0.717, 1.165) is 21.6 Å². The van der Waals surface area contributed by atoms with E-state index in [-0.39, 0.29) is 5.41 Å². The summed E-state index contributed by atoms with van der Waals surface area (Å²) >= 11 is 6.24. The Morgan fingerprint density at radius 3 is 2.44 bits per heavy atom. The van der Waals surface area contributed by atoms with Gasteiger partial charge in [-0.15, -0.1) is 0 Å². The van der Waals surface area contributed by atoms with Crippen LogP contribution in [0, 0.1) is 6.92 Å². The second-order valence-electron chi connectivity index (χ2n) is 5.23. The molecule has 16 heavy (non-hydrogen) atoms. The lowest BCUT2D eigenvalue weighted by molar-refractivity contribution is 0.591. The number of rotatable bonds is 0. The van der Waals surface area contributed by atoms with Gasteiger partial charge in [0.1, 0.15) is 0 Å². The fourth-order valence-corrected chi connectivity index (χ4v) is 2.08. The monoisotopic (exact) mass is 233 g/mol. The zero-order valence-corrected chi connectivity index (χ0v) is 10.9. The highest BCUT2D eigenvalue weighted by molar-refractivity contribution is 6.35. The van der Waals surface area contributed by atoms with E-state index in [1.165, 1.54) is 5.56 Å². The van der Waals surface area contributed by atoms with Crippen LogP contribution in [-0.2, 0) is 5.41 Å². The van der Waals surface area contributed by atoms with Gasteiger partial charge in [0.2, 0.25) is 0 Å². The molecule has 2 rings (SSSR count). The third-order valence-corrected chi connectivity index (χ3v) is 3.07. The lowest BCUT2D eigenvalue weighted by Crippen LogP contribution is -2.10. The van der Waals surface area contributed by atoms with Crippen LogP contribution in [0.1, 0.15) is 32.0 Å². The van der Waals surface area contributed by atoms with E-state index in [9.17, 15) is 0 Å². The second kappa shape index (κ2) is 3.74. The summed E-state index contributed by atoms with van der Waals surface area (Å²) in [4.78, 5) is 4.48. The Morgan fingerprint density at radius 1 is 1.12 bits per heavy atom. The molecular formula is C14H16ClN. The second-order valence-corrected chi connectivity index (χ2v) is 5.63. The van der Waals surface area contributed by atoms with Crippen molar-refractivity contribution >= 4 is 22.5 Å². The summed E-state index contributed by atoms with van der Waals surface area (Å²) in [5.41, 5.74) is 3.36. The van der Waals surface area contributed by atoms with Crippen LogP contribution >= 0.6 is 11.6 Å². The fraction of sp³-hybridized carbons (Fsp3) is 0.357. The third kappa shape index (κ3) is 2.05. The van der Waals surface area contributed by atoms with Crippen LogP contribution in [0.25, 0.3) is 10.9 Å². The predicted octanol–water partition coefficient (Wildman–Crippen LogP) is 4.49. The Kier molecular flexibility index (Phi) is 2.67. The molecule has 0 bridgehead atoms. The highest BCUT2D eigenvalue weighted by atomic mass is 35.5. The number of fused-ring (bicyclic) bond motifs is 1. The van der Waals surface area contributed by atoms with Crippen molar-refractivity contribution in [3.63, 3.8) is 0 Å². The van der Waals surface area contributed by atoms with Gasteiger partial charge in [-0.3, -0.25) is 4.98 Å². The zero-order valence-electron chi connectivity index (χ0n) is 10.1. The molecule has 0 aliphatic rings. The van der Waals surface area contributed by atoms with Gasteiger partial charge in [0, 0.05) is 11.1 Å². The minimum Gasteiger partial charge on any atom is -0.253 e. The molecule has 1 aromatic carbocycles. The van der Waals surface area contributed by atoms with Crippen molar-refractivity contribution in [1.82, 2.24) is 4.98 Å². The minimum atomic E-state index is 0.141. The predicted molar refractivity (Wildman–Crippen MR) is 70.2 cm³/mol. The lowest BCUT2D eigenvalue weighted by atomic mass is 9.86. The molecular weight excluding hydrogens is 218 g/mol. The molecule has 0 aliphatic heterocycles. The highest BCUT2D eigenvalue weighted by Crippen LogP contribution is 2.29. The van der Waals surface area contributed by atoms with E-state index in [4.69, 9.17) is 11.6 Å². The molecule has 0 aliphatic carbocycles. The molecule has 0 saturated heterocycles. The van der Waals surface area contributed by atoms with E-state index in [1.54, 1.807) is 0 Å². The number of benzene rings is 1. The molecule has 0 radical (unpaired) electrons. The molecule has 0 amide bonds. The summed E-state index contributed by atoms with van der Waals surface area (Å²) in [6, 6.07) is 8.24. The number of aromatic nitrogens is 1. The molecule has 1 heterocycles. The summed E-state index contributed by atoms with van der Waals surface area (Å²) in [5.74, 6) is 0. The lowest BCUT2D eigenvalue weighted by Gasteiger charge is -2.19. The molecule has 0 unspecified atom stereocenters. The molecule has 1 aromatic heterocycles. The maximum Gasteiger partial charge on any atom is 0.0720 e. The van der Waals surface area contributed by atoms with E-state index in [2.05, 4.69) is 44.0 Å². The van der Waals surface area contributed by atoms with Crippen molar-refractivity contribution in [2.24, 2.45) is 0 Å². The zero-order chi connectivity index (χ0) is 11.9. The number of nitrogens with zero attached hydrogens (tertiary/aromatic N) is 1. The maximum atomic E-state index is 6.24. The largest absolute Gasteiger partial charge is 0.253 e. The molecule has 0 N–H and O–H groups in total. The molecule has 2 aromatic rings. The van der Waals surface area contributed by atoms with Gasteiger partial charge in [0.05, 0.1) is 10.5 Å². The van der Waals surface area contributed by atoms with Gasteiger partial charge in [-0.2, -0.15) is 0 Å². The van der Waals surface area contributed by atoms with Crippen LogP contribution in [-0.4, -0.2) is 4.98 Å². The van der Waals surface area contributed by atoms with Crippen LogP contribution in [0.2, 0.25) is 5.02 Å². The first-order valence-corrected chi connectivity index (χ1v) is 5.83. The highest BCUT2D eigenvalue weighted by Gasteiger charge is 2.14. The molecule has 1 nitrogen and oxygen atoms in total. The number of hydrogen-bond donors (Lipinski definition) is 0. The maximum absolute atomic E-state index is 6.24. The average molecular weight is 234 g/mol. The fourth-order valence-electron chi connectivity index (χ4n) is 1.77. The normalized spacial score (nSPS) is 12.1. The van der Waals surface area contributed by atoms with Crippen LogP contribution in [0.5, 0.6) is 0 Å². The van der Waals surface area contributed by atoms with Crippen molar-refractivity contribution in [2.45, 2.75) is 33.1 Å². The van der Waals surface area contributed by atoms with E-state index < -0.39 is 0 Å². The Bertz CT molecular complexity index is 538. The Balaban J connectivity index is 2.72. The van der Waals surface area contributed by atoms with Gasteiger partial charge in [0.25, 0.3) is 0 Å². The van der Waals surface area contributed by atoms with Gasteiger partial charge in [0.15, 0.2) is 0 Å². The van der Waals surface area contributed by atoms with Gasteiger partial charge in [-0.25, -0.2) is 0 Å². The number of pyridine rings is 1. The standard InChI is InChI=1S/C14H16ClN/c1-9-7-12(15)11-8-10(14(2,3)4)5-6-13(11)16-9/h5-8H,1-4H3. The summed E-state index contributed by atoms with van der Waals surface area (Å²) < 4.78 is 0. The SMILES string of the molecule is Cc1cc(Cl)c2cc(C(C)(C)C)ccc2n1. The molecule has 0 atom stereocenters. The Hall–Kier alpha value is -1.08. The quantitative estimate of drug-likeness (QED) is 0.653. The van der Waals surface area contributed by atoms with Gasteiger partial charge in [-0.05, 0) is 36.1 Å².